The summed E-state index contributed by atoms with van der Waals surface area (Å²) in [6.07, 6.45) is 1.53. The Balaban J connectivity index is 1.67. The van der Waals surface area contributed by atoms with Crippen molar-refractivity contribution in [2.45, 2.75) is 11.7 Å². The predicted molar refractivity (Wildman–Crippen MR) is 124 cm³/mol. The number of fused-ring (bicyclic) bond motifs is 1. The van der Waals surface area contributed by atoms with Crippen LogP contribution in [0.4, 0.5) is 5.69 Å². The summed E-state index contributed by atoms with van der Waals surface area (Å²) >= 11 is 7.22. The van der Waals surface area contributed by atoms with Crippen molar-refractivity contribution >= 4 is 45.9 Å². The molecule has 0 aliphatic rings. The highest BCUT2D eigenvalue weighted by atomic mass is 35.5. The number of anilines is 1. The lowest BCUT2D eigenvalue weighted by molar-refractivity contribution is -0.116. The number of rotatable bonds is 7. The Morgan fingerprint density at radius 3 is 2.72 bits per heavy atom. The van der Waals surface area contributed by atoms with Gasteiger partial charge in [-0.2, -0.15) is 5.26 Å². The number of carbonyl (C=O) groups excluding carboxylic acids is 1. The van der Waals surface area contributed by atoms with E-state index < -0.39 is 0 Å². The van der Waals surface area contributed by atoms with Gasteiger partial charge in [0, 0.05) is 10.7 Å². The number of para-hydroxylation sites is 1. The van der Waals surface area contributed by atoms with Gasteiger partial charge in [0.05, 0.1) is 35.5 Å². The van der Waals surface area contributed by atoms with Crippen LogP contribution in [0.15, 0.2) is 81.3 Å². The number of benzene rings is 2. The molecule has 0 N–H and O–H groups in total. The van der Waals surface area contributed by atoms with Crippen LogP contribution in [0, 0.1) is 11.3 Å². The van der Waals surface area contributed by atoms with Gasteiger partial charge in [0.1, 0.15) is 12.3 Å². The van der Waals surface area contributed by atoms with Gasteiger partial charge in [0.2, 0.25) is 5.91 Å². The summed E-state index contributed by atoms with van der Waals surface area (Å²) in [5, 5.41) is 10.4. The summed E-state index contributed by atoms with van der Waals surface area (Å²) < 4.78 is 6.88. The molecule has 0 unspecified atom stereocenters. The molecule has 0 aliphatic carbocycles. The molecule has 0 saturated heterocycles. The predicted octanol–water partition coefficient (Wildman–Crippen LogP) is 4.34. The van der Waals surface area contributed by atoms with Crippen molar-refractivity contribution in [3.63, 3.8) is 0 Å². The molecule has 4 rings (SSSR count). The molecule has 7 nitrogen and oxygen atoms in total. The van der Waals surface area contributed by atoms with Crippen LogP contribution in [0.5, 0.6) is 0 Å². The average Bonchev–Trinajstić information content (AvgIpc) is 3.31. The van der Waals surface area contributed by atoms with Crippen LogP contribution in [-0.2, 0) is 11.3 Å². The molecule has 0 radical (unpaired) electrons. The largest absolute Gasteiger partial charge is 0.467 e. The summed E-state index contributed by atoms with van der Waals surface area (Å²) in [7, 11) is 0. The first-order chi connectivity index (χ1) is 15.6. The summed E-state index contributed by atoms with van der Waals surface area (Å²) in [4.78, 5) is 32.1. The van der Waals surface area contributed by atoms with Crippen molar-refractivity contribution in [1.82, 2.24) is 9.55 Å². The summed E-state index contributed by atoms with van der Waals surface area (Å²) in [5.74, 6) is 0.311. The van der Waals surface area contributed by atoms with Gasteiger partial charge in [-0.05, 0) is 42.5 Å². The van der Waals surface area contributed by atoms with Gasteiger partial charge in [-0.3, -0.25) is 19.1 Å². The molecule has 0 bridgehead atoms. The monoisotopic (exact) mass is 464 g/mol. The van der Waals surface area contributed by atoms with E-state index in [0.717, 1.165) is 11.8 Å². The fourth-order valence-corrected chi connectivity index (χ4v) is 4.23. The van der Waals surface area contributed by atoms with Gasteiger partial charge in [0.25, 0.3) is 5.56 Å². The lowest BCUT2D eigenvalue weighted by atomic mass is 10.2. The maximum Gasteiger partial charge on any atom is 0.262 e. The zero-order chi connectivity index (χ0) is 22.5. The molecule has 2 heterocycles. The van der Waals surface area contributed by atoms with Crippen molar-refractivity contribution in [3.8, 4) is 6.07 Å². The normalized spacial score (nSPS) is 10.8. The van der Waals surface area contributed by atoms with Gasteiger partial charge in [-0.1, -0.05) is 41.6 Å². The van der Waals surface area contributed by atoms with Crippen molar-refractivity contribution in [3.05, 3.63) is 88.1 Å². The lowest BCUT2D eigenvalue weighted by Gasteiger charge is -2.20. The zero-order valence-corrected chi connectivity index (χ0v) is 18.3. The third kappa shape index (κ3) is 4.69. The summed E-state index contributed by atoms with van der Waals surface area (Å²) in [6.45, 7) is 0.0951. The number of thioether (sulfide) groups is 1. The maximum absolute atomic E-state index is 13.2. The molecule has 0 saturated carbocycles. The van der Waals surface area contributed by atoms with Crippen LogP contribution < -0.4 is 10.5 Å². The minimum Gasteiger partial charge on any atom is -0.467 e. The number of amides is 1. The number of hydrogen-bond acceptors (Lipinski definition) is 6. The Morgan fingerprint density at radius 1 is 1.19 bits per heavy atom. The Kier molecular flexibility index (Phi) is 6.59. The van der Waals surface area contributed by atoms with Crippen molar-refractivity contribution < 1.29 is 9.21 Å². The third-order valence-electron chi connectivity index (χ3n) is 4.70. The SMILES string of the molecule is N#CCN(C(=O)CSc1nc2cc(Cl)ccc2c(=O)n1Cc1ccco1)c1ccccc1. The number of aromatic nitrogens is 2. The fraction of sp³-hybridized carbons (Fsp3) is 0.130. The van der Waals surface area contributed by atoms with Crippen molar-refractivity contribution in [2.75, 3.05) is 17.2 Å². The van der Waals surface area contributed by atoms with E-state index in [4.69, 9.17) is 21.3 Å². The van der Waals surface area contributed by atoms with Crippen LogP contribution >= 0.6 is 23.4 Å². The number of carbonyl (C=O) groups is 1. The molecule has 1 amide bonds. The van der Waals surface area contributed by atoms with E-state index in [1.165, 1.54) is 15.7 Å². The molecule has 9 heteroatoms. The van der Waals surface area contributed by atoms with Crippen molar-refractivity contribution in [1.29, 1.82) is 5.26 Å². The van der Waals surface area contributed by atoms with Crippen LogP contribution in [0.3, 0.4) is 0 Å². The molecule has 2 aromatic heterocycles. The molecule has 0 atom stereocenters. The average molecular weight is 465 g/mol. The van der Waals surface area contributed by atoms with E-state index >= 15 is 0 Å². The molecule has 0 aliphatic heterocycles. The van der Waals surface area contributed by atoms with E-state index in [0.29, 0.717) is 32.5 Å². The summed E-state index contributed by atoms with van der Waals surface area (Å²) in [5.41, 5.74) is 0.825. The first-order valence-electron chi connectivity index (χ1n) is 9.64. The number of nitrogens with zero attached hydrogens (tertiary/aromatic N) is 4. The maximum atomic E-state index is 13.2. The smallest absolute Gasteiger partial charge is 0.262 e. The highest BCUT2D eigenvalue weighted by Crippen LogP contribution is 2.23. The van der Waals surface area contributed by atoms with E-state index in [1.807, 2.05) is 12.1 Å². The molecule has 32 heavy (non-hydrogen) atoms. The molecule has 0 spiro atoms. The Morgan fingerprint density at radius 2 is 2.00 bits per heavy atom. The Labute approximate surface area is 192 Å². The number of hydrogen-bond donors (Lipinski definition) is 0. The molecule has 0 fully saturated rings. The van der Waals surface area contributed by atoms with E-state index in [-0.39, 0.29) is 30.3 Å². The quantitative estimate of drug-likeness (QED) is 0.229. The number of halogens is 1. The zero-order valence-electron chi connectivity index (χ0n) is 16.8. The second-order valence-corrected chi connectivity index (χ2v) is 8.17. The molecular weight excluding hydrogens is 448 g/mol. The topological polar surface area (TPSA) is 92.1 Å². The van der Waals surface area contributed by atoms with E-state index in [9.17, 15) is 9.59 Å². The van der Waals surface area contributed by atoms with Gasteiger partial charge in [0.15, 0.2) is 5.16 Å². The lowest BCUT2D eigenvalue weighted by Crippen LogP contribution is -2.33. The minimum absolute atomic E-state index is 0.00670. The van der Waals surface area contributed by atoms with Gasteiger partial charge < -0.3 is 4.42 Å². The number of nitriles is 1. The van der Waals surface area contributed by atoms with Crippen LogP contribution in [0.25, 0.3) is 10.9 Å². The minimum atomic E-state index is -0.271. The molecule has 4 aromatic rings. The first kappa shape index (κ1) is 21.7. The van der Waals surface area contributed by atoms with Crippen LogP contribution in [-0.4, -0.2) is 27.8 Å². The molecule has 2 aromatic carbocycles. The second kappa shape index (κ2) is 9.73. The van der Waals surface area contributed by atoms with Gasteiger partial charge in [-0.25, -0.2) is 4.98 Å². The van der Waals surface area contributed by atoms with Crippen LogP contribution in [0.2, 0.25) is 5.02 Å². The molecule has 160 valence electrons. The van der Waals surface area contributed by atoms with Crippen molar-refractivity contribution in [2.24, 2.45) is 0 Å². The standard InChI is InChI=1S/C23H17ClN4O3S/c24-16-8-9-19-20(13-16)26-23(28(22(19)30)14-18-7-4-12-31-18)32-15-21(29)27(11-10-25)17-5-2-1-3-6-17/h1-9,12-13H,11,14-15H2. The highest BCUT2D eigenvalue weighted by molar-refractivity contribution is 7.99. The number of furan rings is 1. The first-order valence-corrected chi connectivity index (χ1v) is 11.0. The highest BCUT2D eigenvalue weighted by Gasteiger charge is 2.19. The van der Waals surface area contributed by atoms with Crippen LogP contribution in [0.1, 0.15) is 5.76 Å². The van der Waals surface area contributed by atoms with E-state index in [2.05, 4.69) is 4.98 Å². The molecular formula is C23H17ClN4O3S. The van der Waals surface area contributed by atoms with E-state index in [1.54, 1.807) is 54.6 Å². The second-order valence-electron chi connectivity index (χ2n) is 6.79. The third-order valence-corrected chi connectivity index (χ3v) is 5.90. The fourth-order valence-electron chi connectivity index (χ4n) is 3.19. The van der Waals surface area contributed by atoms with Gasteiger partial charge in [-0.15, -0.1) is 0 Å². The summed E-state index contributed by atoms with van der Waals surface area (Å²) in [6, 6.07) is 19.4. The van der Waals surface area contributed by atoms with Gasteiger partial charge >= 0.3 is 0 Å². The Hall–Kier alpha value is -3.54. The Bertz CT molecular complexity index is 1350.